The molecule has 0 bridgehead atoms. The van der Waals surface area contributed by atoms with Crippen LogP contribution in [0.1, 0.15) is 54.4 Å². The number of aromatic nitrogens is 2. The minimum absolute atomic E-state index is 0.0365. The van der Waals surface area contributed by atoms with Gasteiger partial charge in [0.2, 0.25) is 0 Å². The van der Waals surface area contributed by atoms with Gasteiger partial charge in [0.1, 0.15) is 11.4 Å². The number of carbonyl (C=O) groups is 1. The first-order valence-electron chi connectivity index (χ1n) is 8.93. The molecule has 1 heterocycles. The Bertz CT molecular complexity index is 832. The molecule has 2 N–H and O–H groups in total. The molecule has 138 valence electrons. The van der Waals surface area contributed by atoms with Gasteiger partial charge in [-0.2, -0.15) is 14.5 Å². The molecule has 7 heteroatoms. The van der Waals surface area contributed by atoms with Crippen LogP contribution in [-0.2, 0) is 0 Å². The number of nitrogens with zero attached hydrogens (tertiary/aromatic N) is 3. The molecule has 0 unspecified atom stereocenters. The number of hydrogen-bond donors (Lipinski definition) is 2. The van der Waals surface area contributed by atoms with E-state index in [-0.39, 0.29) is 15.7 Å². The average Bonchev–Trinajstić information content (AvgIpc) is 3.47. The molecule has 1 amide bonds. The van der Waals surface area contributed by atoms with Gasteiger partial charge in [-0.05, 0) is 51.8 Å². The fourth-order valence-electron chi connectivity index (χ4n) is 3.29. The number of benzene rings is 1. The molecule has 1 saturated carbocycles. The first-order chi connectivity index (χ1) is 12.5. The lowest BCUT2D eigenvalue weighted by molar-refractivity contribution is 0.0763. The summed E-state index contributed by atoms with van der Waals surface area (Å²) in [7, 11) is 0. The van der Waals surface area contributed by atoms with Crippen LogP contribution in [0.5, 0.6) is 0 Å². The third-order valence-electron chi connectivity index (χ3n) is 5.06. The van der Waals surface area contributed by atoms with Crippen molar-refractivity contribution in [2.24, 2.45) is 0 Å². The van der Waals surface area contributed by atoms with E-state index in [1.807, 2.05) is 32.3 Å². The lowest BCUT2D eigenvalue weighted by Crippen LogP contribution is -2.55. The summed E-state index contributed by atoms with van der Waals surface area (Å²) < 4.78 is 14.3. The number of rotatable bonds is 6. The van der Waals surface area contributed by atoms with Gasteiger partial charge in [-0.1, -0.05) is 6.07 Å². The van der Waals surface area contributed by atoms with Gasteiger partial charge in [0.15, 0.2) is 0 Å². The van der Waals surface area contributed by atoms with Gasteiger partial charge < -0.3 is 0 Å². The van der Waals surface area contributed by atoms with Crippen LogP contribution in [-0.4, -0.2) is 34.2 Å². The molecule has 1 fully saturated rings. The SMILES string of the molecule is CC[N+](CC)(C(=O)c1c(F)cccc1NO)c1nc(C)cc(C2CC2)n1. The zero-order chi connectivity index (χ0) is 18.9. The van der Waals surface area contributed by atoms with Crippen LogP contribution >= 0.6 is 0 Å². The van der Waals surface area contributed by atoms with Crippen molar-refractivity contribution in [2.75, 3.05) is 18.6 Å². The highest BCUT2D eigenvalue weighted by Gasteiger charge is 2.43. The third kappa shape index (κ3) is 3.08. The fraction of sp³-hybridized carbons (Fsp3) is 0.421. The van der Waals surface area contributed by atoms with E-state index in [4.69, 9.17) is 0 Å². The zero-order valence-electron chi connectivity index (χ0n) is 15.3. The summed E-state index contributed by atoms with van der Waals surface area (Å²) in [5.74, 6) is -0.358. The van der Waals surface area contributed by atoms with Gasteiger partial charge in [-0.25, -0.2) is 9.18 Å². The first kappa shape index (κ1) is 18.4. The second-order valence-electron chi connectivity index (χ2n) is 6.69. The minimum Gasteiger partial charge on any atom is -0.291 e. The highest BCUT2D eigenvalue weighted by molar-refractivity contribution is 6.05. The number of anilines is 1. The second kappa shape index (κ2) is 7.09. The Hall–Kier alpha value is -2.38. The summed E-state index contributed by atoms with van der Waals surface area (Å²) in [5, 5.41) is 9.34. The van der Waals surface area contributed by atoms with Crippen molar-refractivity contribution in [3.05, 3.63) is 47.0 Å². The number of amides is 1. The van der Waals surface area contributed by atoms with Crippen LogP contribution in [0.3, 0.4) is 0 Å². The predicted molar refractivity (Wildman–Crippen MR) is 97.8 cm³/mol. The quantitative estimate of drug-likeness (QED) is 0.606. The molecule has 3 rings (SSSR count). The lowest BCUT2D eigenvalue weighted by atomic mass is 10.1. The maximum absolute atomic E-state index is 14.5. The number of nitrogens with one attached hydrogen (secondary N) is 1. The molecule has 0 aliphatic heterocycles. The molecule has 0 saturated heterocycles. The van der Waals surface area contributed by atoms with E-state index in [9.17, 15) is 14.4 Å². The smallest absolute Gasteiger partial charge is 0.291 e. The summed E-state index contributed by atoms with van der Waals surface area (Å²) in [4.78, 5) is 22.6. The maximum Gasteiger partial charge on any atom is 0.358 e. The molecule has 0 spiro atoms. The minimum atomic E-state index is -0.687. The molecular formula is C19H24FN4O2+. The van der Waals surface area contributed by atoms with Crippen molar-refractivity contribution in [2.45, 2.75) is 39.5 Å². The highest BCUT2D eigenvalue weighted by Crippen LogP contribution is 2.40. The molecule has 1 aromatic heterocycles. The summed E-state index contributed by atoms with van der Waals surface area (Å²) in [6, 6.07) is 6.06. The molecular weight excluding hydrogens is 335 g/mol. The number of quaternary nitrogens is 1. The van der Waals surface area contributed by atoms with Gasteiger partial charge in [-0.3, -0.25) is 10.7 Å². The van der Waals surface area contributed by atoms with Crippen LogP contribution in [0.15, 0.2) is 24.3 Å². The summed E-state index contributed by atoms with van der Waals surface area (Å²) in [5.41, 5.74) is 3.52. The zero-order valence-corrected chi connectivity index (χ0v) is 15.3. The van der Waals surface area contributed by atoms with Gasteiger partial charge in [0.25, 0.3) is 0 Å². The van der Waals surface area contributed by atoms with Crippen LogP contribution in [0.2, 0.25) is 0 Å². The van der Waals surface area contributed by atoms with E-state index in [2.05, 4.69) is 9.97 Å². The molecule has 0 radical (unpaired) electrons. The van der Waals surface area contributed by atoms with Crippen molar-refractivity contribution in [3.8, 4) is 0 Å². The standard InChI is InChI=1S/C19H23FN4O2/c1-4-24(5-2,18(25)17-14(20)7-6-8-15(17)23-26)19-21-12(3)11-16(22-19)13-9-10-13/h6-8,11,13H,4-5,9-10H2,1-3H3,(H-,23,25,26)/p+1. The Morgan fingerprint density at radius 2 is 2.00 bits per heavy atom. The monoisotopic (exact) mass is 359 g/mol. The first-order valence-corrected chi connectivity index (χ1v) is 8.93. The van der Waals surface area contributed by atoms with Crippen molar-refractivity contribution < 1.29 is 14.4 Å². The van der Waals surface area contributed by atoms with E-state index < -0.39 is 11.7 Å². The van der Waals surface area contributed by atoms with Gasteiger partial charge in [0, 0.05) is 11.6 Å². The van der Waals surface area contributed by atoms with Crippen molar-refractivity contribution in [1.82, 2.24) is 14.5 Å². The van der Waals surface area contributed by atoms with Gasteiger partial charge >= 0.3 is 11.9 Å². The van der Waals surface area contributed by atoms with E-state index in [1.165, 1.54) is 18.2 Å². The van der Waals surface area contributed by atoms with Crippen molar-refractivity contribution >= 4 is 17.5 Å². The second-order valence-corrected chi connectivity index (χ2v) is 6.69. The summed E-state index contributed by atoms with van der Waals surface area (Å²) in [6.07, 6.45) is 2.18. The van der Waals surface area contributed by atoms with Crippen molar-refractivity contribution in [3.63, 3.8) is 0 Å². The van der Waals surface area contributed by atoms with Gasteiger partial charge in [0.05, 0.1) is 24.5 Å². The lowest BCUT2D eigenvalue weighted by Gasteiger charge is -2.31. The third-order valence-corrected chi connectivity index (χ3v) is 5.06. The van der Waals surface area contributed by atoms with Crippen LogP contribution in [0.25, 0.3) is 0 Å². The highest BCUT2D eigenvalue weighted by atomic mass is 19.1. The maximum atomic E-state index is 14.5. The Morgan fingerprint density at radius 3 is 2.58 bits per heavy atom. The number of aryl methyl sites for hydroxylation is 1. The topological polar surface area (TPSA) is 75.1 Å². The molecule has 1 aromatic carbocycles. The fourth-order valence-corrected chi connectivity index (χ4v) is 3.29. The van der Waals surface area contributed by atoms with Gasteiger partial charge in [-0.15, -0.1) is 0 Å². The largest absolute Gasteiger partial charge is 0.358 e. The van der Waals surface area contributed by atoms with Crippen LogP contribution < -0.4 is 9.96 Å². The normalized spacial score (nSPS) is 14.3. The Balaban J connectivity index is 2.16. The average molecular weight is 359 g/mol. The molecule has 26 heavy (non-hydrogen) atoms. The predicted octanol–water partition coefficient (Wildman–Crippen LogP) is 3.79. The summed E-state index contributed by atoms with van der Waals surface area (Å²) in [6.45, 7) is 6.35. The molecule has 1 aliphatic rings. The molecule has 6 nitrogen and oxygen atoms in total. The molecule has 0 atom stereocenters. The van der Waals surface area contributed by atoms with Crippen LogP contribution in [0, 0.1) is 12.7 Å². The van der Waals surface area contributed by atoms with E-state index in [0.717, 1.165) is 24.2 Å². The Labute approximate surface area is 152 Å². The molecule has 2 aromatic rings. The number of hydrogen-bond acceptors (Lipinski definition) is 5. The number of carbonyl (C=O) groups excluding carboxylic acids is 1. The Kier molecular flexibility index (Phi) is 5.02. The van der Waals surface area contributed by atoms with E-state index in [0.29, 0.717) is 25.0 Å². The van der Waals surface area contributed by atoms with E-state index >= 15 is 0 Å². The molecule has 1 aliphatic carbocycles. The summed E-state index contributed by atoms with van der Waals surface area (Å²) >= 11 is 0. The van der Waals surface area contributed by atoms with Crippen LogP contribution in [0.4, 0.5) is 16.0 Å². The van der Waals surface area contributed by atoms with E-state index in [1.54, 1.807) is 0 Å². The Morgan fingerprint density at radius 1 is 1.31 bits per heavy atom. The number of halogens is 1. The van der Waals surface area contributed by atoms with Crippen molar-refractivity contribution in [1.29, 1.82) is 0 Å².